The molecule has 0 amide bonds. The van der Waals surface area contributed by atoms with Gasteiger partial charge in [-0.05, 0) is 36.2 Å². The molecule has 0 aliphatic heterocycles. The van der Waals surface area contributed by atoms with E-state index >= 15 is 0 Å². The van der Waals surface area contributed by atoms with Gasteiger partial charge in [-0.1, -0.05) is 22.0 Å². The van der Waals surface area contributed by atoms with Crippen LogP contribution >= 0.6 is 15.9 Å². The zero-order valence-corrected chi connectivity index (χ0v) is 12.5. The average Bonchev–Trinajstić information content (AvgIpc) is 2.37. The molecule has 0 saturated heterocycles. The van der Waals surface area contributed by atoms with E-state index in [1.807, 2.05) is 0 Å². The van der Waals surface area contributed by atoms with Gasteiger partial charge in [-0.15, -0.1) is 0 Å². The molecule has 0 fully saturated rings. The lowest BCUT2D eigenvalue weighted by molar-refractivity contribution is -0.139. The van der Waals surface area contributed by atoms with Crippen molar-refractivity contribution in [1.82, 2.24) is 4.98 Å². The molecule has 0 radical (unpaired) electrons. The first-order valence-electron chi connectivity index (χ1n) is 5.97. The first-order chi connectivity index (χ1) is 9.71. The van der Waals surface area contributed by atoms with Crippen LogP contribution in [0.1, 0.15) is 28.4 Å². The third-order valence-corrected chi connectivity index (χ3v) is 3.62. The Morgan fingerprint density at radius 1 is 1.29 bits per heavy atom. The van der Waals surface area contributed by atoms with Gasteiger partial charge in [0.25, 0.3) is 0 Å². The zero-order valence-electron chi connectivity index (χ0n) is 10.9. The van der Waals surface area contributed by atoms with Crippen LogP contribution in [0.3, 0.4) is 0 Å². The third-order valence-electron chi connectivity index (χ3n) is 3.13. The average molecular weight is 361 g/mol. The van der Waals surface area contributed by atoms with Gasteiger partial charge < -0.3 is 10.8 Å². The molecule has 0 bridgehead atoms. The molecule has 1 unspecified atom stereocenters. The number of aliphatic hydroxyl groups excluding tert-OH is 1. The van der Waals surface area contributed by atoms with Crippen LogP contribution in [0, 0.1) is 6.92 Å². The summed E-state index contributed by atoms with van der Waals surface area (Å²) in [5.41, 5.74) is 5.28. The van der Waals surface area contributed by atoms with Gasteiger partial charge in [0.15, 0.2) is 0 Å². The Bertz CT molecular complexity index is 654. The summed E-state index contributed by atoms with van der Waals surface area (Å²) in [5.74, 6) is 0.0125. The number of rotatable bonds is 2. The van der Waals surface area contributed by atoms with Gasteiger partial charge in [0.2, 0.25) is 0 Å². The summed E-state index contributed by atoms with van der Waals surface area (Å²) in [6.07, 6.45) is -4.64. The highest BCUT2D eigenvalue weighted by Crippen LogP contribution is 2.39. The Morgan fingerprint density at radius 2 is 1.95 bits per heavy atom. The molecule has 3 nitrogen and oxygen atoms in total. The number of aliphatic hydroxyl groups is 1. The number of aryl methyl sites for hydroxylation is 1. The summed E-state index contributed by atoms with van der Waals surface area (Å²) in [6.45, 7) is 1.66. The predicted octanol–water partition coefficient (Wildman–Crippen LogP) is 3.84. The minimum atomic E-state index is -4.58. The molecule has 1 aromatic carbocycles. The Balaban J connectivity index is 2.62. The van der Waals surface area contributed by atoms with E-state index in [-0.39, 0.29) is 21.4 Å². The van der Waals surface area contributed by atoms with Crippen molar-refractivity contribution in [2.45, 2.75) is 19.2 Å². The van der Waals surface area contributed by atoms with E-state index < -0.39 is 17.8 Å². The van der Waals surface area contributed by atoms with Crippen LogP contribution in [0.5, 0.6) is 0 Å². The van der Waals surface area contributed by atoms with Gasteiger partial charge >= 0.3 is 6.18 Å². The summed E-state index contributed by atoms with van der Waals surface area (Å²) in [7, 11) is 0. The van der Waals surface area contributed by atoms with E-state index in [0.29, 0.717) is 5.56 Å². The molecule has 0 aliphatic rings. The number of nitrogens with zero attached hydrogens (tertiary/aromatic N) is 1. The van der Waals surface area contributed by atoms with Crippen LogP contribution < -0.4 is 5.73 Å². The molecule has 3 N–H and O–H groups in total. The number of halogens is 4. The molecule has 0 saturated carbocycles. The SMILES string of the molecule is Cc1ccnc(N)c1C(O)c1ccc(Br)cc1C(F)(F)F. The van der Waals surface area contributed by atoms with Gasteiger partial charge in [0, 0.05) is 16.2 Å². The van der Waals surface area contributed by atoms with E-state index in [0.717, 1.165) is 6.07 Å². The number of pyridine rings is 1. The molecule has 1 atom stereocenters. The summed E-state index contributed by atoms with van der Waals surface area (Å²) in [4.78, 5) is 3.82. The Kier molecular flexibility index (Phi) is 4.25. The zero-order chi connectivity index (χ0) is 15.8. The van der Waals surface area contributed by atoms with Crippen molar-refractivity contribution in [2.24, 2.45) is 0 Å². The number of alkyl halides is 3. The van der Waals surface area contributed by atoms with Gasteiger partial charge in [-0.2, -0.15) is 13.2 Å². The topological polar surface area (TPSA) is 59.1 Å². The van der Waals surface area contributed by atoms with Gasteiger partial charge in [0.1, 0.15) is 11.9 Å². The van der Waals surface area contributed by atoms with E-state index in [9.17, 15) is 18.3 Å². The number of nitrogens with two attached hydrogens (primary N) is 1. The molecule has 7 heteroatoms. The number of aromatic nitrogens is 1. The standard InChI is InChI=1S/C14H12BrF3N2O/c1-7-4-5-20-13(19)11(7)12(21)9-3-2-8(15)6-10(9)14(16,17)18/h2-6,12,21H,1H3,(H2,19,20). The largest absolute Gasteiger partial charge is 0.416 e. The molecular formula is C14H12BrF3N2O. The normalized spacial score (nSPS) is 13.2. The smallest absolute Gasteiger partial charge is 0.383 e. The van der Waals surface area contributed by atoms with Crippen LogP contribution in [-0.2, 0) is 6.18 Å². The maximum absolute atomic E-state index is 13.1. The molecule has 0 spiro atoms. The van der Waals surface area contributed by atoms with Crippen LogP contribution in [0.4, 0.5) is 19.0 Å². The summed E-state index contributed by atoms with van der Waals surface area (Å²) >= 11 is 3.00. The minimum Gasteiger partial charge on any atom is -0.383 e. The molecule has 2 rings (SSSR count). The molecule has 2 aromatic rings. The third kappa shape index (κ3) is 3.19. The Hall–Kier alpha value is -1.60. The number of anilines is 1. The van der Waals surface area contributed by atoms with E-state index in [1.165, 1.54) is 18.3 Å². The predicted molar refractivity (Wildman–Crippen MR) is 76.6 cm³/mol. The van der Waals surface area contributed by atoms with Crippen molar-refractivity contribution in [2.75, 3.05) is 5.73 Å². The highest BCUT2D eigenvalue weighted by Gasteiger charge is 2.36. The van der Waals surface area contributed by atoms with Crippen LogP contribution in [0.15, 0.2) is 34.9 Å². The number of hydrogen-bond donors (Lipinski definition) is 2. The van der Waals surface area contributed by atoms with Gasteiger partial charge in [-0.3, -0.25) is 0 Å². The van der Waals surface area contributed by atoms with Crippen molar-refractivity contribution >= 4 is 21.7 Å². The maximum Gasteiger partial charge on any atom is 0.416 e. The highest BCUT2D eigenvalue weighted by molar-refractivity contribution is 9.10. The van der Waals surface area contributed by atoms with Crippen molar-refractivity contribution in [1.29, 1.82) is 0 Å². The molecule has 112 valence electrons. The van der Waals surface area contributed by atoms with E-state index in [2.05, 4.69) is 20.9 Å². The van der Waals surface area contributed by atoms with Crippen molar-refractivity contribution in [3.8, 4) is 0 Å². The van der Waals surface area contributed by atoms with Crippen molar-refractivity contribution in [3.63, 3.8) is 0 Å². The fourth-order valence-electron chi connectivity index (χ4n) is 2.11. The number of hydrogen-bond acceptors (Lipinski definition) is 3. The van der Waals surface area contributed by atoms with Gasteiger partial charge in [-0.25, -0.2) is 4.98 Å². The molecule has 0 aliphatic carbocycles. The van der Waals surface area contributed by atoms with Crippen molar-refractivity contribution in [3.05, 3.63) is 57.2 Å². The monoisotopic (exact) mass is 360 g/mol. The Morgan fingerprint density at radius 3 is 2.52 bits per heavy atom. The lowest BCUT2D eigenvalue weighted by Crippen LogP contribution is -2.15. The quantitative estimate of drug-likeness (QED) is 0.855. The lowest BCUT2D eigenvalue weighted by Gasteiger charge is -2.20. The van der Waals surface area contributed by atoms with E-state index in [4.69, 9.17) is 5.73 Å². The summed E-state index contributed by atoms with van der Waals surface area (Å²) in [5, 5.41) is 10.4. The first-order valence-corrected chi connectivity index (χ1v) is 6.76. The molecular weight excluding hydrogens is 349 g/mol. The first kappa shape index (κ1) is 15.8. The van der Waals surface area contributed by atoms with Crippen LogP contribution in [0.2, 0.25) is 0 Å². The van der Waals surface area contributed by atoms with Crippen LogP contribution in [0.25, 0.3) is 0 Å². The van der Waals surface area contributed by atoms with Gasteiger partial charge in [0.05, 0.1) is 5.56 Å². The second-order valence-electron chi connectivity index (χ2n) is 4.56. The Labute approximate surface area is 127 Å². The fourth-order valence-corrected chi connectivity index (χ4v) is 2.48. The molecule has 1 aromatic heterocycles. The highest BCUT2D eigenvalue weighted by atomic mass is 79.9. The van der Waals surface area contributed by atoms with Crippen molar-refractivity contribution < 1.29 is 18.3 Å². The molecule has 21 heavy (non-hydrogen) atoms. The molecule has 1 heterocycles. The summed E-state index contributed by atoms with van der Waals surface area (Å²) in [6, 6.07) is 5.18. The number of nitrogen functional groups attached to an aromatic ring is 1. The van der Waals surface area contributed by atoms with Crippen LogP contribution in [-0.4, -0.2) is 10.1 Å². The second kappa shape index (κ2) is 5.65. The fraction of sp³-hybridized carbons (Fsp3) is 0.214. The minimum absolute atomic E-state index is 0.0125. The summed E-state index contributed by atoms with van der Waals surface area (Å²) < 4.78 is 39.7. The lowest BCUT2D eigenvalue weighted by atomic mass is 9.94. The number of benzene rings is 1. The van der Waals surface area contributed by atoms with E-state index in [1.54, 1.807) is 13.0 Å². The second-order valence-corrected chi connectivity index (χ2v) is 5.47. The maximum atomic E-state index is 13.1.